The van der Waals surface area contributed by atoms with Gasteiger partial charge in [-0.05, 0) is 25.0 Å². The maximum atomic E-state index is 5.68. The fraction of sp³-hybridized carbons (Fsp3) is 0.286. The lowest BCUT2D eigenvalue weighted by molar-refractivity contribution is 0.0882. The van der Waals surface area contributed by atoms with Crippen LogP contribution in [0.15, 0.2) is 49.1 Å². The zero-order valence-electron chi connectivity index (χ0n) is 9.44. The molecule has 0 radical (unpaired) electrons. The van der Waals surface area contributed by atoms with Crippen LogP contribution in [0.4, 0.5) is 0 Å². The molecule has 15 heavy (non-hydrogen) atoms. The van der Waals surface area contributed by atoms with Crippen LogP contribution in [0.1, 0.15) is 24.2 Å². The van der Waals surface area contributed by atoms with E-state index < -0.39 is 0 Å². The predicted molar refractivity (Wildman–Crippen MR) is 64.9 cm³/mol. The highest BCUT2D eigenvalue weighted by molar-refractivity contribution is 5.27. The second-order valence-corrected chi connectivity index (χ2v) is 3.50. The van der Waals surface area contributed by atoms with Gasteiger partial charge in [-0.1, -0.05) is 49.1 Å². The van der Waals surface area contributed by atoms with Crippen LogP contribution in [0.5, 0.6) is 0 Å². The van der Waals surface area contributed by atoms with E-state index >= 15 is 0 Å². The lowest BCUT2D eigenvalue weighted by atomic mass is 10.0. The molecular weight excluding hydrogens is 184 g/mol. The molecule has 0 saturated carbocycles. The maximum absolute atomic E-state index is 5.68. The molecule has 0 spiro atoms. The molecular formula is C14H18O. The molecule has 0 saturated heterocycles. The molecule has 0 aliphatic rings. The van der Waals surface area contributed by atoms with Crippen molar-refractivity contribution in [2.45, 2.75) is 20.0 Å². The van der Waals surface area contributed by atoms with E-state index in [1.54, 1.807) is 6.08 Å². The number of hydrogen-bond acceptors (Lipinski definition) is 1. The summed E-state index contributed by atoms with van der Waals surface area (Å²) in [6.45, 7) is 8.41. The van der Waals surface area contributed by atoms with Crippen molar-refractivity contribution in [1.82, 2.24) is 0 Å². The van der Waals surface area contributed by atoms with Crippen molar-refractivity contribution in [2.24, 2.45) is 0 Å². The van der Waals surface area contributed by atoms with Crippen molar-refractivity contribution < 1.29 is 4.74 Å². The number of aryl methyl sites for hydroxylation is 1. The Hall–Kier alpha value is -1.34. The van der Waals surface area contributed by atoms with E-state index in [9.17, 15) is 0 Å². The van der Waals surface area contributed by atoms with Gasteiger partial charge in [0.15, 0.2) is 0 Å². The summed E-state index contributed by atoms with van der Waals surface area (Å²) in [6, 6.07) is 8.30. The molecule has 1 aromatic rings. The monoisotopic (exact) mass is 202 g/mol. The van der Waals surface area contributed by atoms with Gasteiger partial charge in [0.1, 0.15) is 0 Å². The van der Waals surface area contributed by atoms with Crippen molar-refractivity contribution in [1.29, 1.82) is 0 Å². The molecule has 0 aliphatic heterocycles. The summed E-state index contributed by atoms with van der Waals surface area (Å²) in [5.41, 5.74) is 2.53. The Morgan fingerprint density at radius 1 is 1.40 bits per heavy atom. The molecule has 0 amide bonds. The first-order valence-electron chi connectivity index (χ1n) is 5.20. The number of ether oxygens (including phenoxy) is 1. The SMILES string of the molecule is C=CC=CCOC(C)c1ccccc1C. The molecule has 1 aromatic carbocycles. The fourth-order valence-electron chi connectivity index (χ4n) is 1.48. The molecule has 80 valence electrons. The normalized spacial score (nSPS) is 12.9. The van der Waals surface area contributed by atoms with E-state index in [0.29, 0.717) is 6.61 Å². The molecule has 0 heterocycles. The van der Waals surface area contributed by atoms with Crippen LogP contribution < -0.4 is 0 Å². The zero-order valence-corrected chi connectivity index (χ0v) is 9.44. The minimum atomic E-state index is 0.140. The first-order chi connectivity index (χ1) is 7.25. The lowest BCUT2D eigenvalue weighted by Gasteiger charge is -2.14. The third-order valence-corrected chi connectivity index (χ3v) is 2.34. The number of benzene rings is 1. The molecule has 0 fully saturated rings. The summed E-state index contributed by atoms with van der Waals surface area (Å²) < 4.78 is 5.68. The highest BCUT2D eigenvalue weighted by Crippen LogP contribution is 2.19. The molecule has 0 aliphatic carbocycles. The van der Waals surface area contributed by atoms with Gasteiger partial charge in [-0.2, -0.15) is 0 Å². The molecule has 1 nitrogen and oxygen atoms in total. The standard InChI is InChI=1S/C14H18O/c1-4-5-8-11-15-13(3)14-10-7-6-9-12(14)2/h4-10,13H,1,11H2,2-3H3. The van der Waals surface area contributed by atoms with E-state index in [4.69, 9.17) is 4.74 Å². The maximum Gasteiger partial charge on any atom is 0.0803 e. The van der Waals surface area contributed by atoms with Crippen LogP contribution in [-0.4, -0.2) is 6.61 Å². The quantitative estimate of drug-likeness (QED) is 0.660. The molecule has 0 aromatic heterocycles. The average molecular weight is 202 g/mol. The van der Waals surface area contributed by atoms with Crippen LogP contribution in [0.25, 0.3) is 0 Å². The Bertz CT molecular complexity index is 339. The topological polar surface area (TPSA) is 9.23 Å². The third kappa shape index (κ3) is 3.72. The van der Waals surface area contributed by atoms with Crippen molar-refractivity contribution in [3.05, 3.63) is 60.2 Å². The van der Waals surface area contributed by atoms with Gasteiger partial charge >= 0.3 is 0 Å². The Morgan fingerprint density at radius 2 is 2.13 bits per heavy atom. The van der Waals surface area contributed by atoms with Gasteiger partial charge in [0.2, 0.25) is 0 Å². The summed E-state index contributed by atoms with van der Waals surface area (Å²) >= 11 is 0. The van der Waals surface area contributed by atoms with Gasteiger partial charge < -0.3 is 4.74 Å². The number of rotatable bonds is 5. The highest BCUT2D eigenvalue weighted by atomic mass is 16.5. The first kappa shape index (κ1) is 11.7. The Morgan fingerprint density at radius 3 is 2.80 bits per heavy atom. The summed E-state index contributed by atoms with van der Waals surface area (Å²) in [4.78, 5) is 0. The highest BCUT2D eigenvalue weighted by Gasteiger charge is 2.06. The van der Waals surface area contributed by atoms with Crippen molar-refractivity contribution in [3.8, 4) is 0 Å². The fourth-order valence-corrected chi connectivity index (χ4v) is 1.48. The average Bonchev–Trinajstić information content (AvgIpc) is 2.25. The molecule has 0 bridgehead atoms. The van der Waals surface area contributed by atoms with Crippen molar-refractivity contribution in [3.63, 3.8) is 0 Å². The lowest BCUT2D eigenvalue weighted by Crippen LogP contribution is -2.01. The number of allylic oxidation sites excluding steroid dienone is 2. The Labute approximate surface area is 92.1 Å². The van der Waals surface area contributed by atoms with Crippen molar-refractivity contribution >= 4 is 0 Å². The van der Waals surface area contributed by atoms with Gasteiger partial charge in [-0.3, -0.25) is 0 Å². The molecule has 0 N–H and O–H groups in total. The zero-order chi connectivity index (χ0) is 11.1. The first-order valence-corrected chi connectivity index (χ1v) is 5.20. The van der Waals surface area contributed by atoms with Gasteiger partial charge in [-0.15, -0.1) is 0 Å². The van der Waals surface area contributed by atoms with Crippen LogP contribution in [0.2, 0.25) is 0 Å². The van der Waals surface area contributed by atoms with Gasteiger partial charge in [-0.25, -0.2) is 0 Å². The van der Waals surface area contributed by atoms with Gasteiger partial charge in [0, 0.05) is 0 Å². The summed E-state index contributed by atoms with van der Waals surface area (Å²) in [5.74, 6) is 0. The van der Waals surface area contributed by atoms with E-state index in [1.165, 1.54) is 11.1 Å². The Kier molecular flexibility index (Phi) is 4.85. The third-order valence-electron chi connectivity index (χ3n) is 2.34. The summed E-state index contributed by atoms with van der Waals surface area (Å²) in [7, 11) is 0. The molecule has 1 rings (SSSR count). The largest absolute Gasteiger partial charge is 0.370 e. The van der Waals surface area contributed by atoms with E-state index in [2.05, 4.69) is 32.6 Å². The van der Waals surface area contributed by atoms with E-state index in [0.717, 1.165) is 0 Å². The van der Waals surface area contributed by atoms with Crippen LogP contribution in [-0.2, 0) is 4.74 Å². The smallest absolute Gasteiger partial charge is 0.0803 e. The van der Waals surface area contributed by atoms with Gasteiger partial charge in [0.25, 0.3) is 0 Å². The van der Waals surface area contributed by atoms with E-state index in [-0.39, 0.29) is 6.10 Å². The van der Waals surface area contributed by atoms with Crippen LogP contribution >= 0.6 is 0 Å². The van der Waals surface area contributed by atoms with Crippen LogP contribution in [0.3, 0.4) is 0 Å². The van der Waals surface area contributed by atoms with Crippen LogP contribution in [0, 0.1) is 6.92 Å². The number of hydrogen-bond donors (Lipinski definition) is 0. The second kappa shape index (κ2) is 6.20. The van der Waals surface area contributed by atoms with Gasteiger partial charge in [0.05, 0.1) is 12.7 Å². The minimum Gasteiger partial charge on any atom is -0.370 e. The van der Waals surface area contributed by atoms with Crippen molar-refractivity contribution in [2.75, 3.05) is 6.61 Å². The molecule has 1 heteroatoms. The second-order valence-electron chi connectivity index (χ2n) is 3.50. The van der Waals surface area contributed by atoms with E-state index in [1.807, 2.05) is 24.3 Å². The Balaban J connectivity index is 2.53. The summed E-state index contributed by atoms with van der Waals surface area (Å²) in [5, 5.41) is 0. The molecule has 1 unspecified atom stereocenters. The molecule has 1 atom stereocenters. The minimum absolute atomic E-state index is 0.140. The summed E-state index contributed by atoms with van der Waals surface area (Å²) in [6.07, 6.45) is 5.74. The predicted octanol–water partition coefficient (Wildman–Crippen LogP) is 3.81.